The van der Waals surface area contributed by atoms with E-state index in [2.05, 4.69) is 26.0 Å². The largest absolute Gasteiger partial charge is 0.235 e. The fraction of sp³-hybridized carbons (Fsp3) is 0.0690. The van der Waals surface area contributed by atoms with Crippen molar-refractivity contribution in [2.24, 2.45) is 20.0 Å². The molecular weight excluding hydrogens is 436 g/mol. The van der Waals surface area contributed by atoms with Crippen molar-refractivity contribution in [1.82, 2.24) is 0 Å². The second-order valence-electron chi connectivity index (χ2n) is 7.51. The highest BCUT2D eigenvalue weighted by molar-refractivity contribution is 5.64. The molecule has 0 N–H and O–H groups in total. The molecule has 4 rings (SSSR count). The predicted octanol–water partition coefficient (Wildman–Crippen LogP) is 6.67. The molecule has 6 nitrogen and oxygen atoms in total. The molecule has 0 heterocycles. The molecule has 0 radical (unpaired) electrons. The van der Waals surface area contributed by atoms with Crippen LogP contribution in [0.1, 0.15) is 34.3 Å². The van der Waals surface area contributed by atoms with Crippen LogP contribution in [0.3, 0.4) is 0 Å². The second-order valence-corrected chi connectivity index (χ2v) is 7.51. The molecule has 0 spiro atoms. The van der Waals surface area contributed by atoms with Gasteiger partial charge in [-0.25, -0.2) is 9.59 Å². The maximum absolute atomic E-state index is 11.2. The summed E-state index contributed by atoms with van der Waals surface area (Å²) in [6, 6.07) is 35.3. The Bertz CT molecular complexity index is 1340. The van der Waals surface area contributed by atoms with Gasteiger partial charge >= 0.3 is 0 Å². The van der Waals surface area contributed by atoms with Gasteiger partial charge in [-0.3, -0.25) is 0 Å². The third-order valence-corrected chi connectivity index (χ3v) is 5.40. The summed E-state index contributed by atoms with van der Waals surface area (Å²) < 4.78 is 0. The van der Waals surface area contributed by atoms with Crippen molar-refractivity contribution in [2.45, 2.75) is 12.1 Å². The zero-order valence-electron chi connectivity index (χ0n) is 18.7. The van der Waals surface area contributed by atoms with E-state index in [9.17, 15) is 9.59 Å². The van der Waals surface area contributed by atoms with Crippen LogP contribution in [0.4, 0.5) is 11.4 Å². The summed E-state index contributed by atoms with van der Waals surface area (Å²) in [6.07, 6.45) is 3.34. The van der Waals surface area contributed by atoms with Gasteiger partial charge in [-0.2, -0.15) is 20.0 Å². The van der Waals surface area contributed by atoms with Crippen LogP contribution in [0.2, 0.25) is 0 Å². The molecule has 35 heavy (non-hydrogen) atoms. The highest BCUT2D eigenvalue weighted by Gasteiger charge is 2.17. The molecule has 0 aliphatic heterocycles. The van der Waals surface area contributed by atoms with Crippen molar-refractivity contribution < 1.29 is 9.59 Å². The Morgan fingerprint density at radius 3 is 1.26 bits per heavy atom. The number of hydrogen-bond acceptors (Lipinski definition) is 6. The monoisotopic (exact) mass is 456 g/mol. The van der Waals surface area contributed by atoms with Gasteiger partial charge in [-0.15, -0.1) is 0 Å². The molecule has 0 aliphatic rings. The van der Waals surface area contributed by atoms with E-state index >= 15 is 0 Å². The van der Waals surface area contributed by atoms with Crippen molar-refractivity contribution in [1.29, 1.82) is 0 Å². The molecule has 0 saturated carbocycles. The third-order valence-electron chi connectivity index (χ3n) is 5.40. The van der Waals surface area contributed by atoms with E-state index in [1.807, 2.05) is 109 Å². The molecule has 6 heteroatoms. The first kappa shape index (κ1) is 23.2. The maximum atomic E-state index is 11.2. The standard InChI is InChI=1S/C29H20N4O2/c34-20-32-28(22-11-3-1-4-12-22)24-15-7-9-17-26(24)30-19-31-27-18-10-8-16-25(27)29(33-21-35)23-13-5-2-6-14-23/h1-18,28-29H. The average molecular weight is 457 g/mol. The summed E-state index contributed by atoms with van der Waals surface area (Å²) in [7, 11) is 0. The molecule has 168 valence electrons. The van der Waals surface area contributed by atoms with Crippen molar-refractivity contribution in [3.8, 4) is 0 Å². The molecule has 2 atom stereocenters. The maximum Gasteiger partial charge on any atom is 0.235 e. The van der Waals surface area contributed by atoms with Crippen LogP contribution in [-0.4, -0.2) is 18.2 Å². The van der Waals surface area contributed by atoms with E-state index in [0.717, 1.165) is 22.3 Å². The van der Waals surface area contributed by atoms with Gasteiger partial charge in [0, 0.05) is 11.1 Å². The summed E-state index contributed by atoms with van der Waals surface area (Å²) in [6.45, 7) is 0. The fourth-order valence-electron chi connectivity index (χ4n) is 3.80. The molecule has 0 bridgehead atoms. The summed E-state index contributed by atoms with van der Waals surface area (Å²) in [5, 5.41) is 0. The van der Waals surface area contributed by atoms with Gasteiger partial charge in [-0.1, -0.05) is 97.1 Å². The van der Waals surface area contributed by atoms with Gasteiger partial charge in [0.1, 0.15) is 18.1 Å². The molecule has 4 aromatic carbocycles. The molecule has 4 aromatic rings. The van der Waals surface area contributed by atoms with Crippen LogP contribution in [0.25, 0.3) is 0 Å². The lowest BCUT2D eigenvalue weighted by atomic mass is 9.98. The highest BCUT2D eigenvalue weighted by Crippen LogP contribution is 2.34. The molecule has 0 saturated heterocycles. The van der Waals surface area contributed by atoms with E-state index in [1.54, 1.807) is 12.2 Å². The van der Waals surface area contributed by atoms with Crippen molar-refractivity contribution >= 4 is 29.5 Å². The van der Waals surface area contributed by atoms with Crippen LogP contribution < -0.4 is 0 Å². The molecule has 0 amide bonds. The number of hydrogen-bond donors (Lipinski definition) is 0. The van der Waals surface area contributed by atoms with Gasteiger partial charge in [-0.05, 0) is 23.3 Å². The summed E-state index contributed by atoms with van der Waals surface area (Å²) in [4.78, 5) is 39.2. The molecule has 0 aromatic heterocycles. The topological polar surface area (TPSA) is 83.6 Å². The summed E-state index contributed by atoms with van der Waals surface area (Å²) >= 11 is 0. The quantitative estimate of drug-likeness (QED) is 0.219. The Kier molecular flexibility index (Phi) is 7.79. The smallest absolute Gasteiger partial charge is 0.211 e. The second kappa shape index (κ2) is 11.8. The van der Waals surface area contributed by atoms with E-state index in [0.29, 0.717) is 11.4 Å². The van der Waals surface area contributed by atoms with Crippen molar-refractivity contribution in [2.75, 3.05) is 0 Å². The Balaban J connectivity index is 1.73. The molecule has 0 fully saturated rings. The number of nitrogens with zero attached hydrogens (tertiary/aromatic N) is 4. The number of carbonyl (C=O) groups excluding carboxylic acids is 2. The van der Waals surface area contributed by atoms with E-state index in [1.165, 1.54) is 0 Å². The Hall–Kier alpha value is -4.98. The average Bonchev–Trinajstić information content (AvgIpc) is 2.92. The fourth-order valence-corrected chi connectivity index (χ4v) is 3.80. The van der Waals surface area contributed by atoms with Crippen molar-refractivity contribution in [3.05, 3.63) is 131 Å². The number of para-hydroxylation sites is 2. The Morgan fingerprint density at radius 2 is 0.857 bits per heavy atom. The molecule has 0 aliphatic carbocycles. The van der Waals surface area contributed by atoms with E-state index in [4.69, 9.17) is 0 Å². The molecular formula is C29H20N4O2. The first-order valence-corrected chi connectivity index (χ1v) is 10.9. The lowest BCUT2D eigenvalue weighted by Crippen LogP contribution is -1.98. The van der Waals surface area contributed by atoms with Crippen LogP contribution in [0.5, 0.6) is 0 Å². The SMILES string of the molecule is O=C=NC(c1ccccc1)c1ccccc1N=C=Nc1ccccc1C(N=C=O)c1ccccc1. The minimum absolute atomic E-state index is 0.549. The minimum atomic E-state index is -0.549. The van der Waals surface area contributed by atoms with Gasteiger partial charge < -0.3 is 0 Å². The Labute approximate surface area is 202 Å². The summed E-state index contributed by atoms with van der Waals surface area (Å²) in [5.41, 5.74) is 4.30. The zero-order valence-corrected chi connectivity index (χ0v) is 18.7. The Morgan fingerprint density at radius 1 is 0.486 bits per heavy atom. The molecule has 2 unspecified atom stereocenters. The van der Waals surface area contributed by atoms with Gasteiger partial charge in [0.2, 0.25) is 12.2 Å². The lowest BCUT2D eigenvalue weighted by molar-refractivity contribution is 0.560. The number of benzene rings is 4. The lowest BCUT2D eigenvalue weighted by Gasteiger charge is -2.13. The number of rotatable bonds is 8. The first-order chi connectivity index (χ1) is 17.3. The van der Waals surface area contributed by atoms with Crippen LogP contribution in [0.15, 0.2) is 129 Å². The van der Waals surface area contributed by atoms with Gasteiger partial charge in [0.15, 0.2) is 0 Å². The van der Waals surface area contributed by atoms with Gasteiger partial charge in [0.05, 0.1) is 11.4 Å². The van der Waals surface area contributed by atoms with Crippen LogP contribution >= 0.6 is 0 Å². The minimum Gasteiger partial charge on any atom is -0.211 e. The predicted molar refractivity (Wildman–Crippen MR) is 135 cm³/mol. The van der Waals surface area contributed by atoms with Gasteiger partial charge in [0.25, 0.3) is 0 Å². The van der Waals surface area contributed by atoms with Crippen LogP contribution in [-0.2, 0) is 9.59 Å². The summed E-state index contributed by atoms with van der Waals surface area (Å²) in [5.74, 6) is 0. The van der Waals surface area contributed by atoms with Crippen LogP contribution in [0, 0.1) is 0 Å². The normalized spacial score (nSPS) is 11.7. The highest BCUT2D eigenvalue weighted by atomic mass is 16.1. The number of aliphatic imine (C=N–C) groups is 4. The van der Waals surface area contributed by atoms with Crippen molar-refractivity contribution in [3.63, 3.8) is 0 Å². The van der Waals surface area contributed by atoms with E-state index in [-0.39, 0.29) is 0 Å². The first-order valence-electron chi connectivity index (χ1n) is 10.9. The number of isocyanates is 2. The zero-order chi connectivity index (χ0) is 24.3. The van der Waals surface area contributed by atoms with E-state index < -0.39 is 12.1 Å². The third kappa shape index (κ3) is 5.69.